The summed E-state index contributed by atoms with van der Waals surface area (Å²) in [5, 5.41) is 9.93. The minimum absolute atomic E-state index is 0.328. The summed E-state index contributed by atoms with van der Waals surface area (Å²) in [5.74, 6) is -0.215. The van der Waals surface area contributed by atoms with Gasteiger partial charge in [-0.3, -0.25) is 0 Å². The maximum atomic E-state index is 11.2. The lowest BCUT2D eigenvalue weighted by atomic mass is 10.0. The molecule has 0 aliphatic heterocycles. The van der Waals surface area contributed by atoms with Crippen molar-refractivity contribution in [1.82, 2.24) is 0 Å². The zero-order valence-electron chi connectivity index (χ0n) is 18.3. The Balaban J connectivity index is 1.55. The lowest BCUT2D eigenvalue weighted by Crippen LogP contribution is -2.26. The molecule has 3 aromatic rings. The summed E-state index contributed by atoms with van der Waals surface area (Å²) < 4.78 is 11.1. The predicted octanol–water partition coefficient (Wildman–Crippen LogP) is 6.52. The van der Waals surface area contributed by atoms with E-state index in [2.05, 4.69) is 31.2 Å². The number of allylic oxidation sites excluding steroid dienone is 1. The highest BCUT2D eigenvalue weighted by Gasteiger charge is 2.17. The minimum atomic E-state index is -0.950. The van der Waals surface area contributed by atoms with Crippen LogP contribution < -0.4 is 4.74 Å². The van der Waals surface area contributed by atoms with Crippen molar-refractivity contribution in [1.29, 1.82) is 0 Å². The summed E-state index contributed by atoms with van der Waals surface area (Å²) in [7, 11) is 0. The highest BCUT2D eigenvalue weighted by Crippen LogP contribution is 2.24. The van der Waals surface area contributed by atoms with Gasteiger partial charge in [0.05, 0.1) is 0 Å². The Hall–Kier alpha value is -3.08. The molecule has 1 atom stereocenters. The van der Waals surface area contributed by atoms with Crippen molar-refractivity contribution < 1.29 is 19.4 Å². The molecule has 0 amide bonds. The summed E-state index contributed by atoms with van der Waals surface area (Å²) in [6.07, 6.45) is 1.54. The topological polar surface area (TPSA) is 55.8 Å². The van der Waals surface area contributed by atoms with Crippen LogP contribution in [0.5, 0.6) is 5.75 Å². The van der Waals surface area contributed by atoms with Crippen LogP contribution in [-0.2, 0) is 16.0 Å². The molecule has 0 saturated carbocycles. The Bertz CT molecular complexity index is 1040. The largest absolute Gasteiger partial charge is 0.490 e. The molecule has 0 radical (unpaired) electrons. The van der Waals surface area contributed by atoms with E-state index in [0.717, 1.165) is 38.6 Å². The third-order valence-electron chi connectivity index (χ3n) is 5.15. The Labute approximate surface area is 194 Å². The molecule has 3 rings (SSSR count). The zero-order valence-corrected chi connectivity index (χ0v) is 19.0. The molecular formula is C27H27ClO4. The van der Waals surface area contributed by atoms with Gasteiger partial charge in [0.2, 0.25) is 0 Å². The number of rotatable bonds is 10. The van der Waals surface area contributed by atoms with Crippen LogP contribution in [0.2, 0.25) is 5.02 Å². The molecule has 0 aromatic heterocycles. The van der Waals surface area contributed by atoms with Gasteiger partial charge in [0.25, 0.3) is 0 Å². The normalized spacial score (nSPS) is 12.4. The van der Waals surface area contributed by atoms with Gasteiger partial charge in [-0.25, -0.2) is 4.79 Å². The molecule has 0 unspecified atom stereocenters. The van der Waals surface area contributed by atoms with Gasteiger partial charge in [0, 0.05) is 18.1 Å². The van der Waals surface area contributed by atoms with E-state index in [1.807, 2.05) is 54.6 Å². The van der Waals surface area contributed by atoms with E-state index in [9.17, 15) is 9.90 Å². The molecule has 0 spiro atoms. The summed E-state index contributed by atoms with van der Waals surface area (Å²) in [6.45, 7) is 4.66. The molecule has 0 aliphatic carbocycles. The number of carboxylic acid groups (broad SMARTS) is 1. The van der Waals surface area contributed by atoms with Gasteiger partial charge in [-0.1, -0.05) is 60.1 Å². The molecule has 0 bridgehead atoms. The minimum Gasteiger partial charge on any atom is -0.490 e. The summed E-state index contributed by atoms with van der Waals surface area (Å²) in [4.78, 5) is 11.2. The first kappa shape index (κ1) is 23.6. The van der Waals surface area contributed by atoms with Crippen LogP contribution in [0.3, 0.4) is 0 Å². The molecule has 5 heteroatoms. The standard InChI is InChI=1S/C27H27ClO4/c1-3-31-26(27(29)30)18-20-4-14-25(15-5-20)32-17-16-19(2)21-6-8-22(9-7-21)23-10-12-24(28)13-11-23/h4-16,26H,3,17-18H2,1-2H3,(H,29,30)/b19-16-/t26-/m0/s1. The van der Waals surface area contributed by atoms with Crippen LogP contribution in [-0.4, -0.2) is 30.4 Å². The van der Waals surface area contributed by atoms with Crippen LogP contribution >= 0.6 is 11.6 Å². The third kappa shape index (κ3) is 6.71. The summed E-state index contributed by atoms with van der Waals surface area (Å²) in [6, 6.07) is 23.7. The number of hydrogen-bond acceptors (Lipinski definition) is 3. The van der Waals surface area contributed by atoms with Crippen molar-refractivity contribution in [3.05, 3.63) is 95.0 Å². The zero-order chi connectivity index (χ0) is 22.9. The predicted molar refractivity (Wildman–Crippen MR) is 129 cm³/mol. The van der Waals surface area contributed by atoms with Gasteiger partial charge in [0.15, 0.2) is 6.10 Å². The molecule has 0 heterocycles. The highest BCUT2D eigenvalue weighted by atomic mass is 35.5. The molecule has 166 valence electrons. The van der Waals surface area contributed by atoms with E-state index in [0.29, 0.717) is 19.6 Å². The van der Waals surface area contributed by atoms with E-state index >= 15 is 0 Å². The first-order chi connectivity index (χ1) is 15.5. The van der Waals surface area contributed by atoms with E-state index in [1.165, 1.54) is 0 Å². The second kappa shape index (κ2) is 11.5. The maximum Gasteiger partial charge on any atom is 0.333 e. The average Bonchev–Trinajstić information content (AvgIpc) is 2.80. The van der Waals surface area contributed by atoms with Crippen molar-refractivity contribution in [3.8, 4) is 16.9 Å². The number of aliphatic carboxylic acids is 1. The van der Waals surface area contributed by atoms with E-state index in [1.54, 1.807) is 6.92 Å². The highest BCUT2D eigenvalue weighted by molar-refractivity contribution is 6.30. The first-order valence-corrected chi connectivity index (χ1v) is 10.9. The number of ether oxygens (including phenoxy) is 2. The first-order valence-electron chi connectivity index (χ1n) is 10.6. The third-order valence-corrected chi connectivity index (χ3v) is 5.40. The second-order valence-corrected chi connectivity index (χ2v) is 7.85. The Morgan fingerprint density at radius 1 is 0.969 bits per heavy atom. The molecule has 32 heavy (non-hydrogen) atoms. The lowest BCUT2D eigenvalue weighted by Gasteiger charge is -2.12. The van der Waals surface area contributed by atoms with Crippen LogP contribution in [0.4, 0.5) is 0 Å². The van der Waals surface area contributed by atoms with E-state index < -0.39 is 12.1 Å². The van der Waals surface area contributed by atoms with Crippen LogP contribution in [0, 0.1) is 0 Å². The van der Waals surface area contributed by atoms with E-state index in [-0.39, 0.29) is 0 Å². The van der Waals surface area contributed by atoms with E-state index in [4.69, 9.17) is 21.1 Å². The van der Waals surface area contributed by atoms with Gasteiger partial charge in [-0.2, -0.15) is 0 Å². The molecule has 3 aromatic carbocycles. The van der Waals surface area contributed by atoms with Crippen LogP contribution in [0.25, 0.3) is 16.7 Å². The average molecular weight is 451 g/mol. The van der Waals surface area contributed by atoms with Crippen LogP contribution in [0.1, 0.15) is 25.0 Å². The van der Waals surface area contributed by atoms with Crippen molar-refractivity contribution in [3.63, 3.8) is 0 Å². The van der Waals surface area contributed by atoms with Crippen LogP contribution in [0.15, 0.2) is 78.9 Å². The Morgan fingerprint density at radius 3 is 2.12 bits per heavy atom. The quantitative estimate of drug-likeness (QED) is 0.382. The smallest absolute Gasteiger partial charge is 0.333 e. The molecular weight excluding hydrogens is 424 g/mol. The van der Waals surface area contributed by atoms with Gasteiger partial charge < -0.3 is 14.6 Å². The molecule has 0 aliphatic rings. The van der Waals surface area contributed by atoms with Crippen molar-refractivity contribution >= 4 is 23.1 Å². The lowest BCUT2D eigenvalue weighted by molar-refractivity contribution is -0.149. The molecule has 4 nitrogen and oxygen atoms in total. The van der Waals surface area contributed by atoms with Gasteiger partial charge >= 0.3 is 5.97 Å². The number of carboxylic acids is 1. The fourth-order valence-corrected chi connectivity index (χ4v) is 3.43. The molecule has 0 saturated heterocycles. The monoisotopic (exact) mass is 450 g/mol. The number of carbonyl (C=O) groups is 1. The molecule has 0 fully saturated rings. The van der Waals surface area contributed by atoms with Gasteiger partial charge in [-0.05, 0) is 72.0 Å². The number of hydrogen-bond donors (Lipinski definition) is 1. The second-order valence-electron chi connectivity index (χ2n) is 7.41. The Morgan fingerprint density at radius 2 is 1.56 bits per heavy atom. The fraction of sp³-hybridized carbons (Fsp3) is 0.222. The number of benzene rings is 3. The SMILES string of the molecule is CCO[C@@H](Cc1ccc(OC/C=C(/C)c2ccc(-c3ccc(Cl)cc3)cc2)cc1)C(=O)O. The van der Waals surface area contributed by atoms with Crippen molar-refractivity contribution in [2.24, 2.45) is 0 Å². The van der Waals surface area contributed by atoms with Crippen molar-refractivity contribution in [2.45, 2.75) is 26.4 Å². The van der Waals surface area contributed by atoms with Gasteiger partial charge in [0.1, 0.15) is 12.4 Å². The molecule has 1 N–H and O–H groups in total. The van der Waals surface area contributed by atoms with Crippen molar-refractivity contribution in [2.75, 3.05) is 13.2 Å². The summed E-state index contributed by atoms with van der Waals surface area (Å²) in [5.41, 5.74) is 5.43. The maximum absolute atomic E-state index is 11.2. The Kier molecular flexibility index (Phi) is 8.48. The van der Waals surface area contributed by atoms with Gasteiger partial charge in [-0.15, -0.1) is 0 Å². The summed E-state index contributed by atoms with van der Waals surface area (Å²) >= 11 is 5.96. The fourth-order valence-electron chi connectivity index (χ4n) is 3.30. The number of halogens is 1.